The van der Waals surface area contributed by atoms with Gasteiger partial charge in [0.2, 0.25) is 5.91 Å². The van der Waals surface area contributed by atoms with Crippen LogP contribution in [0.1, 0.15) is 36.8 Å². The highest BCUT2D eigenvalue weighted by atomic mass is 16.3. The van der Waals surface area contributed by atoms with E-state index in [1.54, 1.807) is 36.2 Å². The van der Waals surface area contributed by atoms with E-state index in [0.29, 0.717) is 40.3 Å². The van der Waals surface area contributed by atoms with Crippen molar-refractivity contribution in [1.29, 1.82) is 0 Å². The Balaban J connectivity index is 2.07. The summed E-state index contributed by atoms with van der Waals surface area (Å²) < 4.78 is 7.11. The number of amides is 2. The summed E-state index contributed by atoms with van der Waals surface area (Å²) in [6.45, 7) is 7.86. The number of rotatable bonds is 6. The molecule has 0 aliphatic carbocycles. The molecule has 28 heavy (non-hydrogen) atoms. The van der Waals surface area contributed by atoms with Crippen LogP contribution in [0.2, 0.25) is 0 Å². The quantitative estimate of drug-likeness (QED) is 0.706. The van der Waals surface area contributed by atoms with E-state index >= 15 is 0 Å². The molecule has 3 aromatic rings. The Bertz CT molecular complexity index is 1000. The summed E-state index contributed by atoms with van der Waals surface area (Å²) in [4.78, 5) is 31.7. The van der Waals surface area contributed by atoms with E-state index < -0.39 is 0 Å². The molecule has 0 saturated heterocycles. The Morgan fingerprint density at radius 3 is 2.71 bits per heavy atom. The number of hydrogen-bond acceptors (Lipinski definition) is 5. The average molecular weight is 383 g/mol. The summed E-state index contributed by atoms with van der Waals surface area (Å²) in [7, 11) is 1.79. The molecule has 3 rings (SSSR count). The average Bonchev–Trinajstić information content (AvgIpc) is 3.27. The van der Waals surface area contributed by atoms with Gasteiger partial charge >= 0.3 is 0 Å². The number of aryl methyl sites for hydroxylation is 2. The standard InChI is InChI=1S/C20H25N5O3/c1-6-25(11-17(26)21-12(2)3)20(27)14-10-15(16-8-7-9-28-16)22-19-18(14)13(4)23-24(19)5/h7-10,12H,6,11H2,1-5H3,(H,21,26). The van der Waals surface area contributed by atoms with Gasteiger partial charge in [0.15, 0.2) is 11.4 Å². The first kappa shape index (κ1) is 19.6. The molecule has 0 spiro atoms. The van der Waals surface area contributed by atoms with Gasteiger partial charge in [-0.2, -0.15) is 5.10 Å². The molecule has 0 aliphatic rings. The molecule has 1 N–H and O–H groups in total. The normalized spacial score (nSPS) is 11.2. The van der Waals surface area contributed by atoms with Crippen molar-refractivity contribution in [3.05, 3.63) is 35.7 Å². The van der Waals surface area contributed by atoms with E-state index in [4.69, 9.17) is 4.42 Å². The van der Waals surface area contributed by atoms with Crippen molar-refractivity contribution < 1.29 is 14.0 Å². The molecule has 0 aromatic carbocycles. The van der Waals surface area contributed by atoms with E-state index in [9.17, 15) is 9.59 Å². The summed E-state index contributed by atoms with van der Waals surface area (Å²) in [5, 5.41) is 7.92. The van der Waals surface area contributed by atoms with E-state index in [0.717, 1.165) is 0 Å². The van der Waals surface area contributed by atoms with Gasteiger partial charge in [-0.1, -0.05) is 0 Å². The highest BCUT2D eigenvalue weighted by Gasteiger charge is 2.24. The molecule has 3 aromatic heterocycles. The summed E-state index contributed by atoms with van der Waals surface area (Å²) in [5.74, 6) is 0.137. The van der Waals surface area contributed by atoms with Crippen molar-refractivity contribution in [2.75, 3.05) is 13.1 Å². The molecule has 0 bridgehead atoms. The fourth-order valence-corrected chi connectivity index (χ4v) is 3.20. The number of pyridine rings is 1. The number of hydrogen-bond donors (Lipinski definition) is 1. The van der Waals surface area contributed by atoms with Crippen LogP contribution >= 0.6 is 0 Å². The second-order valence-corrected chi connectivity index (χ2v) is 6.98. The molecule has 0 atom stereocenters. The zero-order valence-corrected chi connectivity index (χ0v) is 16.8. The monoisotopic (exact) mass is 383 g/mol. The lowest BCUT2D eigenvalue weighted by Crippen LogP contribution is -2.42. The van der Waals surface area contributed by atoms with Crippen LogP contribution in [0.5, 0.6) is 0 Å². The van der Waals surface area contributed by atoms with Gasteiger partial charge in [-0.05, 0) is 45.9 Å². The van der Waals surface area contributed by atoms with E-state index in [2.05, 4.69) is 15.4 Å². The van der Waals surface area contributed by atoms with Crippen LogP contribution in [0.3, 0.4) is 0 Å². The third-order valence-corrected chi connectivity index (χ3v) is 4.43. The van der Waals surface area contributed by atoms with Crippen LogP contribution < -0.4 is 5.32 Å². The third kappa shape index (κ3) is 3.76. The Morgan fingerprint density at radius 1 is 1.36 bits per heavy atom. The predicted octanol–water partition coefficient (Wildman–Crippen LogP) is 2.52. The SMILES string of the molecule is CCN(CC(=O)NC(C)C)C(=O)c1cc(-c2ccco2)nc2c1c(C)nn2C. The smallest absolute Gasteiger partial charge is 0.255 e. The van der Waals surface area contributed by atoms with Gasteiger partial charge in [0.25, 0.3) is 5.91 Å². The number of fused-ring (bicyclic) bond motifs is 1. The second-order valence-electron chi connectivity index (χ2n) is 6.98. The van der Waals surface area contributed by atoms with Crippen molar-refractivity contribution in [3.63, 3.8) is 0 Å². The first-order valence-corrected chi connectivity index (χ1v) is 9.28. The number of nitrogens with zero attached hydrogens (tertiary/aromatic N) is 4. The van der Waals surface area contributed by atoms with Crippen LogP contribution in [0.15, 0.2) is 28.9 Å². The van der Waals surface area contributed by atoms with Crippen molar-refractivity contribution in [2.45, 2.75) is 33.7 Å². The minimum absolute atomic E-state index is 0.00722. The second kappa shape index (κ2) is 7.84. The van der Waals surface area contributed by atoms with Crippen molar-refractivity contribution >= 4 is 22.8 Å². The zero-order valence-electron chi connectivity index (χ0n) is 16.8. The van der Waals surface area contributed by atoms with Crippen molar-refractivity contribution in [1.82, 2.24) is 25.0 Å². The summed E-state index contributed by atoms with van der Waals surface area (Å²) in [5.41, 5.74) is 2.31. The van der Waals surface area contributed by atoms with Gasteiger partial charge in [-0.3, -0.25) is 14.3 Å². The topological polar surface area (TPSA) is 93.3 Å². The van der Waals surface area contributed by atoms with Gasteiger partial charge in [0.1, 0.15) is 5.69 Å². The number of nitrogens with one attached hydrogen (secondary N) is 1. The molecule has 0 unspecified atom stereocenters. The van der Waals surface area contributed by atoms with Crippen LogP contribution in [0, 0.1) is 6.92 Å². The molecule has 0 saturated carbocycles. The maximum Gasteiger partial charge on any atom is 0.255 e. The molecular formula is C20H25N5O3. The Hall–Kier alpha value is -3.16. The number of aromatic nitrogens is 3. The summed E-state index contributed by atoms with van der Waals surface area (Å²) >= 11 is 0. The lowest BCUT2D eigenvalue weighted by atomic mass is 10.1. The number of likely N-dealkylation sites (N-methyl/N-ethyl adjacent to an activating group) is 1. The molecule has 8 heteroatoms. The minimum Gasteiger partial charge on any atom is -0.463 e. The van der Waals surface area contributed by atoms with Gasteiger partial charge in [0, 0.05) is 19.6 Å². The lowest BCUT2D eigenvalue weighted by molar-refractivity contribution is -0.122. The van der Waals surface area contributed by atoms with Crippen molar-refractivity contribution in [2.24, 2.45) is 7.05 Å². The first-order chi connectivity index (χ1) is 13.3. The highest BCUT2D eigenvalue weighted by Crippen LogP contribution is 2.28. The van der Waals surface area contributed by atoms with Crippen LogP contribution in [0.25, 0.3) is 22.5 Å². The molecule has 3 heterocycles. The van der Waals surface area contributed by atoms with Gasteiger partial charge < -0.3 is 14.6 Å². The largest absolute Gasteiger partial charge is 0.463 e. The Labute approximate surface area is 163 Å². The summed E-state index contributed by atoms with van der Waals surface area (Å²) in [6.07, 6.45) is 1.56. The molecule has 0 aliphatic heterocycles. The van der Waals surface area contributed by atoms with E-state index in [1.165, 1.54) is 4.90 Å². The van der Waals surface area contributed by atoms with Crippen molar-refractivity contribution in [3.8, 4) is 11.5 Å². The van der Waals surface area contributed by atoms with Crippen LogP contribution in [-0.4, -0.2) is 50.6 Å². The number of carbonyl (C=O) groups is 2. The Morgan fingerprint density at radius 2 is 2.11 bits per heavy atom. The first-order valence-electron chi connectivity index (χ1n) is 9.28. The fourth-order valence-electron chi connectivity index (χ4n) is 3.20. The van der Waals surface area contributed by atoms with Gasteiger partial charge in [-0.15, -0.1) is 0 Å². The van der Waals surface area contributed by atoms with E-state index in [1.807, 2.05) is 27.7 Å². The maximum absolute atomic E-state index is 13.3. The molecule has 8 nitrogen and oxygen atoms in total. The number of carbonyl (C=O) groups excluding carboxylic acids is 2. The molecule has 0 fully saturated rings. The Kier molecular flexibility index (Phi) is 5.48. The van der Waals surface area contributed by atoms with Gasteiger partial charge in [-0.25, -0.2) is 4.98 Å². The predicted molar refractivity (Wildman–Crippen MR) is 106 cm³/mol. The highest BCUT2D eigenvalue weighted by molar-refractivity contribution is 6.08. The van der Waals surface area contributed by atoms with E-state index in [-0.39, 0.29) is 24.4 Å². The van der Waals surface area contributed by atoms with Crippen LogP contribution in [-0.2, 0) is 11.8 Å². The fraction of sp³-hybridized carbons (Fsp3) is 0.400. The van der Waals surface area contributed by atoms with Crippen LogP contribution in [0.4, 0.5) is 0 Å². The number of furan rings is 1. The minimum atomic E-state index is -0.238. The summed E-state index contributed by atoms with van der Waals surface area (Å²) in [6, 6.07) is 5.28. The third-order valence-electron chi connectivity index (χ3n) is 4.43. The lowest BCUT2D eigenvalue weighted by Gasteiger charge is -2.22. The maximum atomic E-state index is 13.3. The molecule has 2 amide bonds. The molecule has 0 radical (unpaired) electrons. The molecular weight excluding hydrogens is 358 g/mol. The van der Waals surface area contributed by atoms with Gasteiger partial charge in [0.05, 0.1) is 29.5 Å². The molecule has 148 valence electrons. The zero-order chi connectivity index (χ0) is 20.4.